The Bertz CT molecular complexity index is 856. The lowest BCUT2D eigenvalue weighted by atomic mass is 10.1. The van der Waals surface area contributed by atoms with Gasteiger partial charge in [0.25, 0.3) is 0 Å². The van der Waals surface area contributed by atoms with E-state index in [1.165, 1.54) is 0 Å². The van der Waals surface area contributed by atoms with Crippen molar-refractivity contribution in [2.45, 2.75) is 32.2 Å². The molecular formula is C21H32Cl2N6O3. The highest BCUT2D eigenvalue weighted by Gasteiger charge is 2.28. The fraction of sp³-hybridized carbons (Fsp3) is 0.476. The summed E-state index contributed by atoms with van der Waals surface area (Å²) in [7, 11) is 0. The summed E-state index contributed by atoms with van der Waals surface area (Å²) < 4.78 is 7.22. The largest absolute Gasteiger partial charge is 0.416 e. The van der Waals surface area contributed by atoms with E-state index in [1.807, 2.05) is 37.3 Å². The predicted octanol–water partition coefficient (Wildman–Crippen LogP) is 2.12. The van der Waals surface area contributed by atoms with E-state index in [0.717, 1.165) is 24.2 Å². The van der Waals surface area contributed by atoms with Crippen molar-refractivity contribution in [1.29, 1.82) is 0 Å². The van der Waals surface area contributed by atoms with E-state index >= 15 is 0 Å². The summed E-state index contributed by atoms with van der Waals surface area (Å²) in [5.41, 5.74) is 13.1. The third-order valence-electron chi connectivity index (χ3n) is 5.13. The first-order chi connectivity index (χ1) is 14.5. The fourth-order valence-corrected chi connectivity index (χ4v) is 3.43. The number of unbranched alkanes of at least 4 members (excludes halogenated alkanes) is 1. The Morgan fingerprint density at radius 1 is 1.06 bits per heavy atom. The molecule has 0 spiro atoms. The number of hydrogen-bond acceptors (Lipinski definition) is 6. The number of nitrogens with zero attached hydrogens (tertiary/aromatic N) is 4. The maximum atomic E-state index is 12.7. The number of piperazine rings is 1. The minimum atomic E-state index is -0.516. The van der Waals surface area contributed by atoms with Crippen LogP contribution in [0.5, 0.6) is 5.88 Å². The Kier molecular flexibility index (Phi) is 11.5. The van der Waals surface area contributed by atoms with Gasteiger partial charge in [-0.2, -0.15) is 5.10 Å². The quantitative estimate of drug-likeness (QED) is 0.578. The van der Waals surface area contributed by atoms with Gasteiger partial charge in [-0.1, -0.05) is 24.6 Å². The van der Waals surface area contributed by atoms with Gasteiger partial charge in [-0.3, -0.25) is 4.79 Å². The number of ether oxygens (including phenoxy) is 1. The Balaban J connectivity index is 0.00000256. The first-order valence-electron chi connectivity index (χ1n) is 10.3. The number of carbonyl (C=O) groups is 2. The molecule has 11 heteroatoms. The van der Waals surface area contributed by atoms with E-state index < -0.39 is 12.1 Å². The molecule has 1 unspecified atom stereocenters. The molecule has 1 aliphatic heterocycles. The molecule has 0 bridgehead atoms. The summed E-state index contributed by atoms with van der Waals surface area (Å²) in [6.45, 7) is 4.13. The van der Waals surface area contributed by atoms with Crippen LogP contribution in [-0.2, 0) is 4.79 Å². The zero-order valence-electron chi connectivity index (χ0n) is 18.2. The van der Waals surface area contributed by atoms with Crippen molar-refractivity contribution in [1.82, 2.24) is 19.6 Å². The Labute approximate surface area is 200 Å². The topological polar surface area (TPSA) is 120 Å². The molecule has 0 aliphatic carbocycles. The van der Waals surface area contributed by atoms with Crippen LogP contribution in [0.25, 0.3) is 5.69 Å². The van der Waals surface area contributed by atoms with Crippen LogP contribution >= 0.6 is 24.8 Å². The molecule has 0 saturated carbocycles. The highest BCUT2D eigenvalue weighted by molar-refractivity contribution is 5.85. The molecule has 1 saturated heterocycles. The van der Waals surface area contributed by atoms with Gasteiger partial charge < -0.3 is 26.0 Å². The highest BCUT2D eigenvalue weighted by atomic mass is 35.5. The Hall–Kier alpha value is -2.33. The average molecular weight is 487 g/mol. The summed E-state index contributed by atoms with van der Waals surface area (Å²) in [5, 5.41) is 4.41. The number of halogens is 2. The molecule has 1 aromatic carbocycles. The molecule has 1 aliphatic rings. The second kappa shape index (κ2) is 13.3. The van der Waals surface area contributed by atoms with Crippen molar-refractivity contribution in [3.63, 3.8) is 0 Å². The van der Waals surface area contributed by atoms with E-state index in [9.17, 15) is 9.59 Å². The summed E-state index contributed by atoms with van der Waals surface area (Å²) >= 11 is 0. The molecular weight excluding hydrogens is 455 g/mol. The van der Waals surface area contributed by atoms with E-state index in [1.54, 1.807) is 20.5 Å². The number of aryl methyl sites for hydroxylation is 1. The normalized spacial score (nSPS) is 14.2. The van der Waals surface area contributed by atoms with Gasteiger partial charge in [-0.05, 0) is 38.4 Å². The number of aromatic nitrogens is 2. The smallest absolute Gasteiger partial charge is 0.391 e. The van der Waals surface area contributed by atoms with Crippen LogP contribution in [-0.4, -0.2) is 70.3 Å². The van der Waals surface area contributed by atoms with Gasteiger partial charge in [0.05, 0.1) is 17.4 Å². The number of para-hydroxylation sites is 1. The second-order valence-corrected chi connectivity index (χ2v) is 7.44. The minimum absolute atomic E-state index is 0. The maximum Gasteiger partial charge on any atom is 0.416 e. The number of amides is 2. The van der Waals surface area contributed by atoms with Gasteiger partial charge in [0, 0.05) is 32.2 Å². The standard InChI is InChI=1S/C21H30N6O3.2ClH/c1-16-15-19(27(24-16)17-7-3-2-4-8-17)30-21(29)26-13-11-25(12-14-26)20(28)18(23)9-5-6-10-22;;/h2-4,7-8,15,18H,5-6,9-14,22-23H2,1H3;2*1H. The molecule has 4 N–H and O–H groups in total. The van der Waals surface area contributed by atoms with Gasteiger partial charge in [-0.25, -0.2) is 9.48 Å². The van der Waals surface area contributed by atoms with Gasteiger partial charge in [0.15, 0.2) is 0 Å². The van der Waals surface area contributed by atoms with Crippen molar-refractivity contribution in [2.75, 3.05) is 32.7 Å². The average Bonchev–Trinajstić information content (AvgIpc) is 3.14. The van der Waals surface area contributed by atoms with E-state index in [-0.39, 0.29) is 30.7 Å². The first kappa shape index (κ1) is 27.7. The number of carbonyl (C=O) groups excluding carboxylic acids is 2. The van der Waals surface area contributed by atoms with Gasteiger partial charge in [0.2, 0.25) is 11.8 Å². The van der Waals surface area contributed by atoms with Crippen molar-refractivity contribution >= 4 is 36.8 Å². The highest BCUT2D eigenvalue weighted by Crippen LogP contribution is 2.20. The number of nitrogens with two attached hydrogens (primary N) is 2. The fourth-order valence-electron chi connectivity index (χ4n) is 3.43. The lowest BCUT2D eigenvalue weighted by Gasteiger charge is -2.35. The van der Waals surface area contributed by atoms with Gasteiger partial charge in [-0.15, -0.1) is 24.8 Å². The van der Waals surface area contributed by atoms with Crippen molar-refractivity contribution in [3.05, 3.63) is 42.1 Å². The molecule has 2 aromatic rings. The molecule has 3 rings (SSSR count). The summed E-state index contributed by atoms with van der Waals surface area (Å²) in [5.74, 6) is 0.293. The Morgan fingerprint density at radius 2 is 1.69 bits per heavy atom. The lowest BCUT2D eigenvalue weighted by molar-refractivity contribution is -0.134. The van der Waals surface area contributed by atoms with Crippen LogP contribution in [0.3, 0.4) is 0 Å². The van der Waals surface area contributed by atoms with E-state index in [4.69, 9.17) is 16.2 Å². The monoisotopic (exact) mass is 486 g/mol. The third kappa shape index (κ3) is 7.09. The molecule has 2 amide bonds. The zero-order chi connectivity index (χ0) is 21.5. The Morgan fingerprint density at radius 3 is 2.31 bits per heavy atom. The van der Waals surface area contributed by atoms with Gasteiger partial charge >= 0.3 is 6.09 Å². The SMILES string of the molecule is Cc1cc(OC(=O)N2CCN(C(=O)C(N)CCCCN)CC2)n(-c2ccccc2)n1.Cl.Cl. The molecule has 2 heterocycles. The van der Waals surface area contributed by atoms with Crippen molar-refractivity contribution in [3.8, 4) is 11.6 Å². The summed E-state index contributed by atoms with van der Waals surface area (Å²) in [6.07, 6.45) is 1.87. The van der Waals surface area contributed by atoms with Crippen LogP contribution in [0.15, 0.2) is 36.4 Å². The van der Waals surface area contributed by atoms with Crippen LogP contribution in [0.2, 0.25) is 0 Å². The number of benzene rings is 1. The van der Waals surface area contributed by atoms with Crippen LogP contribution in [0.1, 0.15) is 25.0 Å². The molecule has 9 nitrogen and oxygen atoms in total. The van der Waals surface area contributed by atoms with Gasteiger partial charge in [0.1, 0.15) is 0 Å². The molecule has 32 heavy (non-hydrogen) atoms. The van der Waals surface area contributed by atoms with E-state index in [0.29, 0.717) is 45.0 Å². The van der Waals surface area contributed by atoms with Crippen LogP contribution < -0.4 is 16.2 Å². The molecule has 1 aromatic heterocycles. The van der Waals surface area contributed by atoms with Crippen molar-refractivity contribution < 1.29 is 14.3 Å². The van der Waals surface area contributed by atoms with Crippen LogP contribution in [0.4, 0.5) is 4.79 Å². The second-order valence-electron chi connectivity index (χ2n) is 7.44. The molecule has 0 radical (unpaired) electrons. The predicted molar refractivity (Wildman–Crippen MR) is 128 cm³/mol. The number of hydrogen-bond donors (Lipinski definition) is 2. The minimum Gasteiger partial charge on any atom is -0.391 e. The molecule has 178 valence electrons. The van der Waals surface area contributed by atoms with Crippen molar-refractivity contribution in [2.24, 2.45) is 11.5 Å². The third-order valence-corrected chi connectivity index (χ3v) is 5.13. The lowest BCUT2D eigenvalue weighted by Crippen LogP contribution is -2.54. The maximum absolute atomic E-state index is 12.7. The van der Waals surface area contributed by atoms with Crippen LogP contribution in [0, 0.1) is 6.92 Å². The summed E-state index contributed by atoms with van der Waals surface area (Å²) in [4.78, 5) is 28.5. The van der Waals surface area contributed by atoms with E-state index in [2.05, 4.69) is 5.10 Å². The zero-order valence-corrected chi connectivity index (χ0v) is 19.8. The summed E-state index contributed by atoms with van der Waals surface area (Å²) in [6, 6.07) is 10.7. The first-order valence-corrected chi connectivity index (χ1v) is 10.3. The number of rotatable bonds is 7. The molecule has 1 fully saturated rings. The molecule has 1 atom stereocenters.